The van der Waals surface area contributed by atoms with Gasteiger partial charge in [0.25, 0.3) is 5.91 Å². The van der Waals surface area contributed by atoms with Crippen LogP contribution in [0.4, 0.5) is 10.1 Å². The fourth-order valence-corrected chi connectivity index (χ4v) is 2.44. The summed E-state index contributed by atoms with van der Waals surface area (Å²) < 4.78 is 13.3. The zero-order valence-corrected chi connectivity index (χ0v) is 14.1. The molecule has 0 saturated heterocycles. The number of carbonyl (C=O) groups excluding carboxylic acids is 1. The van der Waals surface area contributed by atoms with Gasteiger partial charge in [-0.25, -0.2) is 0 Å². The van der Waals surface area contributed by atoms with E-state index in [4.69, 9.17) is 5.26 Å². The van der Waals surface area contributed by atoms with Gasteiger partial charge in [-0.05, 0) is 31.0 Å². The molecule has 0 aliphatic heterocycles. The molecular formula is C17H20BrFN2O. The molecule has 0 unspecified atom stereocenters. The molecule has 1 rings (SSSR count). The summed E-state index contributed by atoms with van der Waals surface area (Å²) in [4.78, 5) is 14.1. The molecular weight excluding hydrogens is 347 g/mol. The average Bonchev–Trinajstić information content (AvgIpc) is 2.50. The first kappa shape index (κ1) is 18.4. The van der Waals surface area contributed by atoms with Gasteiger partial charge < -0.3 is 4.90 Å². The number of rotatable bonds is 9. The smallest absolute Gasteiger partial charge is 0.253 e. The lowest BCUT2D eigenvalue weighted by Crippen LogP contribution is -2.33. The second kappa shape index (κ2) is 10.1. The highest BCUT2D eigenvalue weighted by atomic mass is 79.9. The number of carbonyl (C=O) groups is 1. The Morgan fingerprint density at radius 1 is 1.36 bits per heavy atom. The molecule has 0 N–H and O–H groups in total. The van der Waals surface area contributed by atoms with E-state index in [1.807, 2.05) is 24.3 Å². The van der Waals surface area contributed by atoms with Crippen LogP contribution in [0, 0.1) is 11.3 Å². The predicted molar refractivity (Wildman–Crippen MR) is 90.3 cm³/mol. The number of hydrogen-bond acceptors (Lipinski definition) is 2. The molecule has 5 heteroatoms. The zero-order valence-electron chi connectivity index (χ0n) is 12.5. The van der Waals surface area contributed by atoms with Crippen molar-refractivity contribution in [2.24, 2.45) is 0 Å². The predicted octanol–water partition coefficient (Wildman–Crippen LogP) is 4.78. The summed E-state index contributed by atoms with van der Waals surface area (Å²) in [7, 11) is 0. The SMILES string of the molecule is C=C(CCF)C(=O)N(CCCCCC#N)c1cccc(Br)c1. The van der Waals surface area contributed by atoms with E-state index in [0.717, 1.165) is 29.4 Å². The van der Waals surface area contributed by atoms with Crippen LogP contribution in [0.3, 0.4) is 0 Å². The van der Waals surface area contributed by atoms with Crippen molar-refractivity contribution in [1.82, 2.24) is 0 Å². The monoisotopic (exact) mass is 366 g/mol. The summed E-state index contributed by atoms with van der Waals surface area (Å²) in [6.07, 6.45) is 3.07. The van der Waals surface area contributed by atoms with E-state index in [0.29, 0.717) is 13.0 Å². The Labute approximate surface area is 139 Å². The van der Waals surface area contributed by atoms with Crippen LogP contribution in [-0.2, 0) is 4.79 Å². The van der Waals surface area contributed by atoms with Crippen LogP contribution < -0.4 is 4.90 Å². The number of nitrogens with zero attached hydrogens (tertiary/aromatic N) is 2. The molecule has 0 fully saturated rings. The molecule has 0 spiro atoms. The molecule has 0 heterocycles. The van der Waals surface area contributed by atoms with Crippen molar-refractivity contribution in [3.63, 3.8) is 0 Å². The van der Waals surface area contributed by atoms with Gasteiger partial charge in [0.05, 0.1) is 12.7 Å². The molecule has 0 aliphatic carbocycles. The second-order valence-corrected chi connectivity index (χ2v) is 5.86. The first-order valence-corrected chi connectivity index (χ1v) is 8.07. The van der Waals surface area contributed by atoms with Gasteiger partial charge in [-0.1, -0.05) is 35.0 Å². The lowest BCUT2D eigenvalue weighted by molar-refractivity contribution is -0.115. The highest BCUT2D eigenvalue weighted by Crippen LogP contribution is 2.22. The molecule has 0 atom stereocenters. The normalized spacial score (nSPS) is 10.0. The quantitative estimate of drug-likeness (QED) is 0.466. The number of benzene rings is 1. The van der Waals surface area contributed by atoms with Gasteiger partial charge in [0.1, 0.15) is 0 Å². The van der Waals surface area contributed by atoms with Gasteiger partial charge in [-0.3, -0.25) is 9.18 Å². The summed E-state index contributed by atoms with van der Waals surface area (Å²) in [5, 5.41) is 8.54. The molecule has 118 valence electrons. The van der Waals surface area contributed by atoms with Gasteiger partial charge >= 0.3 is 0 Å². The van der Waals surface area contributed by atoms with Crippen molar-refractivity contribution in [2.75, 3.05) is 18.1 Å². The maximum Gasteiger partial charge on any atom is 0.253 e. The molecule has 1 amide bonds. The Morgan fingerprint density at radius 3 is 2.77 bits per heavy atom. The third-order valence-electron chi connectivity index (χ3n) is 3.23. The Balaban J connectivity index is 2.79. The standard InChI is InChI=1S/C17H20BrFN2O/c1-14(9-10-19)17(22)21(12-5-3-2-4-11-20)16-8-6-7-15(18)13-16/h6-8,13H,1-5,9-10,12H2. The highest BCUT2D eigenvalue weighted by molar-refractivity contribution is 9.10. The largest absolute Gasteiger partial charge is 0.309 e. The van der Waals surface area contributed by atoms with Gasteiger partial charge in [0.2, 0.25) is 0 Å². The highest BCUT2D eigenvalue weighted by Gasteiger charge is 2.18. The van der Waals surface area contributed by atoms with Crippen LogP contribution in [0.2, 0.25) is 0 Å². The topological polar surface area (TPSA) is 44.1 Å². The Kier molecular flexibility index (Phi) is 8.46. The van der Waals surface area contributed by atoms with Gasteiger partial charge in [-0.2, -0.15) is 5.26 Å². The zero-order chi connectivity index (χ0) is 16.4. The van der Waals surface area contributed by atoms with Gasteiger partial charge in [0.15, 0.2) is 0 Å². The van der Waals surface area contributed by atoms with Crippen molar-refractivity contribution in [3.05, 3.63) is 40.9 Å². The first-order valence-electron chi connectivity index (χ1n) is 7.28. The number of unbranched alkanes of at least 4 members (excludes halogenated alkanes) is 3. The minimum Gasteiger partial charge on any atom is -0.309 e. The summed E-state index contributed by atoms with van der Waals surface area (Å²) in [6, 6.07) is 9.55. The van der Waals surface area contributed by atoms with Crippen LogP contribution in [-0.4, -0.2) is 19.1 Å². The molecule has 0 saturated carbocycles. The number of halogens is 2. The minimum absolute atomic E-state index is 0.0533. The van der Waals surface area contributed by atoms with E-state index in [9.17, 15) is 9.18 Å². The van der Waals surface area contributed by atoms with E-state index in [1.165, 1.54) is 0 Å². The fourth-order valence-electron chi connectivity index (χ4n) is 2.05. The maximum atomic E-state index is 12.5. The van der Waals surface area contributed by atoms with Crippen LogP contribution >= 0.6 is 15.9 Å². The molecule has 0 radical (unpaired) electrons. The van der Waals surface area contributed by atoms with Crippen molar-refractivity contribution < 1.29 is 9.18 Å². The number of amides is 1. The van der Waals surface area contributed by atoms with E-state index < -0.39 is 6.67 Å². The fraction of sp³-hybridized carbons (Fsp3) is 0.412. The molecule has 0 aliphatic rings. The summed E-state index contributed by atoms with van der Waals surface area (Å²) in [5.41, 5.74) is 1.04. The van der Waals surface area contributed by atoms with Crippen LogP contribution in [0.1, 0.15) is 32.1 Å². The average molecular weight is 367 g/mol. The second-order valence-electron chi connectivity index (χ2n) is 4.95. The van der Waals surface area contributed by atoms with Crippen molar-refractivity contribution in [2.45, 2.75) is 32.1 Å². The molecule has 1 aromatic carbocycles. The maximum absolute atomic E-state index is 12.5. The van der Waals surface area contributed by atoms with E-state index in [2.05, 4.69) is 28.6 Å². The van der Waals surface area contributed by atoms with Gasteiger partial charge in [-0.15, -0.1) is 0 Å². The summed E-state index contributed by atoms with van der Waals surface area (Å²) >= 11 is 3.39. The van der Waals surface area contributed by atoms with Crippen molar-refractivity contribution in [3.8, 4) is 6.07 Å². The van der Waals surface area contributed by atoms with E-state index in [1.54, 1.807) is 4.90 Å². The van der Waals surface area contributed by atoms with E-state index in [-0.39, 0.29) is 17.9 Å². The number of hydrogen-bond donors (Lipinski definition) is 0. The molecule has 22 heavy (non-hydrogen) atoms. The summed E-state index contributed by atoms with van der Waals surface area (Å²) in [6.45, 7) is 3.63. The lowest BCUT2D eigenvalue weighted by atomic mass is 10.1. The number of anilines is 1. The summed E-state index contributed by atoms with van der Waals surface area (Å²) in [5.74, 6) is -0.240. The first-order chi connectivity index (χ1) is 10.6. The van der Waals surface area contributed by atoms with Crippen molar-refractivity contribution >= 4 is 27.5 Å². The lowest BCUT2D eigenvalue weighted by Gasteiger charge is -2.24. The molecule has 1 aromatic rings. The van der Waals surface area contributed by atoms with E-state index >= 15 is 0 Å². The van der Waals surface area contributed by atoms with Crippen LogP contribution in [0.25, 0.3) is 0 Å². The molecule has 0 bridgehead atoms. The Hall–Kier alpha value is -1.67. The van der Waals surface area contributed by atoms with Crippen LogP contribution in [0.15, 0.2) is 40.9 Å². The van der Waals surface area contributed by atoms with Crippen LogP contribution in [0.5, 0.6) is 0 Å². The number of nitriles is 1. The number of alkyl halides is 1. The Bertz CT molecular complexity index is 554. The minimum atomic E-state index is -0.584. The van der Waals surface area contributed by atoms with Gasteiger partial charge in [0, 0.05) is 35.1 Å². The van der Waals surface area contributed by atoms with Crippen molar-refractivity contribution in [1.29, 1.82) is 5.26 Å². The molecule has 0 aromatic heterocycles. The molecule has 3 nitrogen and oxygen atoms in total. The third-order valence-corrected chi connectivity index (χ3v) is 3.73. The Morgan fingerprint density at radius 2 is 2.14 bits per heavy atom. The third kappa shape index (κ3) is 5.98.